The number of hydrogen-bond donors (Lipinski definition) is 1. The summed E-state index contributed by atoms with van der Waals surface area (Å²) in [6, 6.07) is 12.6. The lowest BCUT2D eigenvalue weighted by Gasteiger charge is -2.08. The number of hydrogen-bond acceptors (Lipinski definition) is 8. The van der Waals surface area contributed by atoms with Crippen molar-refractivity contribution in [2.24, 2.45) is 0 Å². The predicted octanol–water partition coefficient (Wildman–Crippen LogP) is 4.06. The molecular formula is C28H25N9O3. The number of nitrogens with zero attached hydrogens (tertiary/aromatic N) is 8. The van der Waals surface area contributed by atoms with Gasteiger partial charge < -0.3 is 10.1 Å². The van der Waals surface area contributed by atoms with Crippen LogP contribution < -0.4 is 5.32 Å². The molecule has 0 spiro atoms. The summed E-state index contributed by atoms with van der Waals surface area (Å²) in [4.78, 5) is 34.2. The maximum absolute atomic E-state index is 13.2. The maximum atomic E-state index is 13.2. The maximum Gasteiger partial charge on any atom is 0.343 e. The van der Waals surface area contributed by atoms with Crippen molar-refractivity contribution in [1.29, 1.82) is 0 Å². The Morgan fingerprint density at radius 1 is 0.950 bits per heavy atom. The Balaban J connectivity index is 1.30. The van der Waals surface area contributed by atoms with E-state index in [1.54, 1.807) is 52.7 Å². The van der Waals surface area contributed by atoms with Gasteiger partial charge in [0.2, 0.25) is 0 Å². The van der Waals surface area contributed by atoms with Crippen LogP contribution in [0, 0.1) is 6.92 Å². The first-order valence-corrected chi connectivity index (χ1v) is 12.8. The number of carbonyl (C=O) groups excluding carboxylic acids is 2. The van der Waals surface area contributed by atoms with Crippen LogP contribution in [-0.4, -0.2) is 57.5 Å². The van der Waals surface area contributed by atoms with Crippen molar-refractivity contribution in [3.05, 3.63) is 84.2 Å². The molecule has 12 heteroatoms. The molecule has 5 aromatic heterocycles. The summed E-state index contributed by atoms with van der Waals surface area (Å²) >= 11 is 0. The van der Waals surface area contributed by atoms with Crippen molar-refractivity contribution in [1.82, 2.24) is 39.0 Å². The lowest BCUT2D eigenvalue weighted by atomic mass is 10.1. The van der Waals surface area contributed by atoms with Crippen molar-refractivity contribution in [2.45, 2.75) is 27.3 Å². The first kappa shape index (κ1) is 24.9. The number of aromatic nitrogens is 8. The van der Waals surface area contributed by atoms with E-state index in [2.05, 4.69) is 30.6 Å². The van der Waals surface area contributed by atoms with Gasteiger partial charge in [-0.05, 0) is 45.0 Å². The standard InChI is InChI=1S/C28H25N9O3/c1-4-35-17(3)20(15-31-35)24-10-11-29-25-14-22(34-36(24)25)27(38)33-19-8-6-7-18(13-19)23-9-12-30-26-21(16-32-37(23)26)28(39)40-5-2/h6-16H,4-5H2,1-3H3,(H,33,38). The highest BCUT2D eigenvalue weighted by molar-refractivity contribution is 6.04. The van der Waals surface area contributed by atoms with Crippen LogP contribution in [0.2, 0.25) is 0 Å². The summed E-state index contributed by atoms with van der Waals surface area (Å²) < 4.78 is 10.3. The second-order valence-electron chi connectivity index (χ2n) is 8.97. The van der Waals surface area contributed by atoms with E-state index in [0.29, 0.717) is 22.7 Å². The molecule has 0 saturated carbocycles. The largest absolute Gasteiger partial charge is 0.462 e. The Kier molecular flexibility index (Phi) is 6.27. The van der Waals surface area contributed by atoms with Gasteiger partial charge in [-0.15, -0.1) is 0 Å². The van der Waals surface area contributed by atoms with Crippen molar-refractivity contribution in [3.63, 3.8) is 0 Å². The zero-order chi connectivity index (χ0) is 27.8. The summed E-state index contributed by atoms with van der Waals surface area (Å²) in [7, 11) is 0. The Morgan fingerprint density at radius 2 is 1.77 bits per heavy atom. The predicted molar refractivity (Wildman–Crippen MR) is 147 cm³/mol. The van der Waals surface area contributed by atoms with Crippen molar-refractivity contribution in [3.8, 4) is 22.5 Å². The summed E-state index contributed by atoms with van der Waals surface area (Å²) in [6.45, 7) is 6.78. The second-order valence-corrected chi connectivity index (χ2v) is 8.97. The minimum absolute atomic E-state index is 0.225. The number of fused-ring (bicyclic) bond motifs is 2. The Hall–Kier alpha value is -5.39. The Morgan fingerprint density at radius 3 is 2.58 bits per heavy atom. The molecule has 200 valence electrons. The molecule has 0 radical (unpaired) electrons. The topological polar surface area (TPSA) is 134 Å². The number of carbonyl (C=O) groups is 2. The van der Waals surface area contributed by atoms with Gasteiger partial charge in [0.05, 0.1) is 30.4 Å². The van der Waals surface area contributed by atoms with Gasteiger partial charge in [0.25, 0.3) is 5.91 Å². The van der Waals surface area contributed by atoms with E-state index in [0.717, 1.165) is 29.1 Å². The number of rotatable bonds is 7. The van der Waals surface area contributed by atoms with Crippen LogP contribution in [0.25, 0.3) is 33.8 Å². The van der Waals surface area contributed by atoms with Crippen molar-refractivity contribution in [2.75, 3.05) is 11.9 Å². The Labute approximate surface area is 228 Å². The number of esters is 1. The van der Waals surface area contributed by atoms with Gasteiger partial charge in [0.1, 0.15) is 5.56 Å². The third kappa shape index (κ3) is 4.25. The van der Waals surface area contributed by atoms with E-state index in [-0.39, 0.29) is 23.8 Å². The molecule has 0 unspecified atom stereocenters. The van der Waals surface area contributed by atoms with Crippen LogP contribution >= 0.6 is 0 Å². The van der Waals surface area contributed by atoms with Crippen molar-refractivity contribution >= 4 is 28.9 Å². The number of nitrogens with one attached hydrogen (secondary N) is 1. The average molecular weight is 536 g/mol. The highest BCUT2D eigenvalue weighted by atomic mass is 16.5. The minimum atomic E-state index is -0.484. The number of ether oxygens (including phenoxy) is 1. The highest BCUT2D eigenvalue weighted by Gasteiger charge is 2.19. The molecule has 1 aromatic carbocycles. The van der Waals surface area contributed by atoms with E-state index in [9.17, 15) is 9.59 Å². The third-order valence-electron chi connectivity index (χ3n) is 6.58. The zero-order valence-corrected chi connectivity index (χ0v) is 22.1. The van der Waals surface area contributed by atoms with Crippen LogP contribution in [0.3, 0.4) is 0 Å². The van der Waals surface area contributed by atoms with Gasteiger partial charge in [0.15, 0.2) is 17.0 Å². The van der Waals surface area contributed by atoms with Crippen LogP contribution in [0.4, 0.5) is 5.69 Å². The number of amides is 1. The molecule has 1 amide bonds. The van der Waals surface area contributed by atoms with E-state index in [1.165, 1.54) is 6.20 Å². The van der Waals surface area contributed by atoms with Gasteiger partial charge in [0, 0.05) is 47.5 Å². The molecule has 0 bridgehead atoms. The number of benzene rings is 1. The van der Waals surface area contributed by atoms with Crippen molar-refractivity contribution < 1.29 is 14.3 Å². The second kappa shape index (κ2) is 10.1. The SMILES string of the molecule is CCOC(=O)c1cnn2c(-c3cccc(NC(=O)c4cc5nccc(-c6cnn(CC)c6C)n5n4)c3)ccnc12. The molecule has 0 fully saturated rings. The molecule has 6 rings (SSSR count). The molecule has 0 aliphatic heterocycles. The molecule has 6 aromatic rings. The molecule has 0 saturated heterocycles. The summed E-state index contributed by atoms with van der Waals surface area (Å²) in [5.74, 6) is -0.860. The molecule has 0 aliphatic carbocycles. The highest BCUT2D eigenvalue weighted by Crippen LogP contribution is 2.26. The monoisotopic (exact) mass is 535 g/mol. The van der Waals surface area contributed by atoms with Gasteiger partial charge in [-0.1, -0.05) is 12.1 Å². The summed E-state index contributed by atoms with van der Waals surface area (Å²) in [5, 5.41) is 16.3. The lowest BCUT2D eigenvalue weighted by Crippen LogP contribution is -2.13. The summed E-state index contributed by atoms with van der Waals surface area (Å²) in [6.07, 6.45) is 6.54. The molecule has 40 heavy (non-hydrogen) atoms. The fourth-order valence-electron chi connectivity index (χ4n) is 4.64. The third-order valence-corrected chi connectivity index (χ3v) is 6.58. The first-order chi connectivity index (χ1) is 19.5. The van der Waals surface area contributed by atoms with Crippen LogP contribution in [0.15, 0.2) is 67.3 Å². The molecule has 12 nitrogen and oxygen atoms in total. The van der Waals surface area contributed by atoms with Crippen LogP contribution in [0.1, 0.15) is 40.4 Å². The Bertz CT molecular complexity index is 1900. The summed E-state index contributed by atoms with van der Waals surface area (Å²) in [5.41, 5.74) is 6.20. The van der Waals surface area contributed by atoms with Gasteiger partial charge in [-0.3, -0.25) is 9.48 Å². The molecule has 0 atom stereocenters. The quantitative estimate of drug-likeness (QED) is 0.303. The number of anilines is 1. The molecule has 1 N–H and O–H groups in total. The van der Waals surface area contributed by atoms with Crippen LogP contribution in [-0.2, 0) is 11.3 Å². The first-order valence-electron chi connectivity index (χ1n) is 12.8. The smallest absolute Gasteiger partial charge is 0.343 e. The zero-order valence-electron chi connectivity index (χ0n) is 22.1. The van der Waals surface area contributed by atoms with E-state index < -0.39 is 5.97 Å². The lowest BCUT2D eigenvalue weighted by molar-refractivity contribution is 0.0528. The molecular weight excluding hydrogens is 510 g/mol. The fourth-order valence-corrected chi connectivity index (χ4v) is 4.64. The van der Waals surface area contributed by atoms with E-state index >= 15 is 0 Å². The fraction of sp³-hybridized carbons (Fsp3) is 0.179. The number of aryl methyl sites for hydroxylation is 1. The van der Waals surface area contributed by atoms with Gasteiger partial charge >= 0.3 is 5.97 Å². The van der Waals surface area contributed by atoms with Gasteiger partial charge in [-0.2, -0.15) is 15.3 Å². The molecule has 0 aliphatic rings. The molecule has 5 heterocycles. The van der Waals surface area contributed by atoms with E-state index in [1.807, 2.05) is 42.8 Å². The van der Waals surface area contributed by atoms with Crippen LogP contribution in [0.5, 0.6) is 0 Å². The normalized spacial score (nSPS) is 11.3. The van der Waals surface area contributed by atoms with Gasteiger partial charge in [-0.25, -0.2) is 23.8 Å². The van der Waals surface area contributed by atoms with E-state index in [4.69, 9.17) is 4.74 Å². The average Bonchev–Trinajstić information content (AvgIpc) is 3.69. The minimum Gasteiger partial charge on any atom is -0.462 e.